The Hall–Kier alpha value is -1.43. The topological polar surface area (TPSA) is 58.4 Å². The highest BCUT2D eigenvalue weighted by Crippen LogP contribution is 1.92. The molecule has 1 aromatic rings. The normalized spacial score (nSPS) is 11.4. The highest BCUT2D eigenvalue weighted by atomic mass is 32.2. The first-order valence-corrected chi connectivity index (χ1v) is 8.26. The van der Waals surface area contributed by atoms with Crippen molar-refractivity contribution in [3.8, 4) is 0 Å². The molecule has 0 fully saturated rings. The molecule has 112 valence electrons. The molecule has 0 aliphatic heterocycles. The average molecular weight is 296 g/mol. The van der Waals surface area contributed by atoms with Crippen molar-refractivity contribution in [2.45, 2.75) is 19.4 Å². The summed E-state index contributed by atoms with van der Waals surface area (Å²) >= 11 is 1.81. The van der Waals surface area contributed by atoms with Crippen LogP contribution in [-0.4, -0.2) is 42.7 Å². The van der Waals surface area contributed by atoms with Crippen LogP contribution in [0.15, 0.2) is 34.2 Å². The monoisotopic (exact) mass is 296 g/mol. The second-order valence-electron chi connectivity index (χ2n) is 4.36. The van der Waals surface area contributed by atoms with Crippen LogP contribution < -0.4 is 16.2 Å². The Morgan fingerprint density at radius 2 is 2.10 bits per heavy atom. The lowest BCUT2D eigenvalue weighted by Gasteiger charge is -2.11. The van der Waals surface area contributed by atoms with Crippen molar-refractivity contribution in [3.63, 3.8) is 0 Å². The quantitative estimate of drug-likeness (QED) is 0.429. The van der Waals surface area contributed by atoms with Gasteiger partial charge in [-0.1, -0.05) is 6.07 Å². The Kier molecular flexibility index (Phi) is 8.62. The predicted octanol–water partition coefficient (Wildman–Crippen LogP) is 1.16. The molecule has 20 heavy (non-hydrogen) atoms. The van der Waals surface area contributed by atoms with Gasteiger partial charge in [0.15, 0.2) is 5.96 Å². The lowest BCUT2D eigenvalue weighted by Crippen LogP contribution is -2.38. The summed E-state index contributed by atoms with van der Waals surface area (Å²) in [5.74, 6) is 1.91. The SMILES string of the molecule is CN=C(NCCCCn1ccccc1=O)NCCSC. The minimum atomic E-state index is 0.0648. The van der Waals surface area contributed by atoms with Gasteiger partial charge in [-0.2, -0.15) is 11.8 Å². The van der Waals surface area contributed by atoms with Crippen LogP contribution in [0.25, 0.3) is 0 Å². The highest BCUT2D eigenvalue weighted by Gasteiger charge is 1.97. The van der Waals surface area contributed by atoms with Gasteiger partial charge in [0.1, 0.15) is 0 Å². The summed E-state index contributed by atoms with van der Waals surface area (Å²) in [5, 5.41) is 6.52. The molecule has 1 heterocycles. The van der Waals surface area contributed by atoms with E-state index in [0.29, 0.717) is 0 Å². The predicted molar refractivity (Wildman–Crippen MR) is 87.7 cm³/mol. The number of nitrogens with one attached hydrogen (secondary N) is 2. The average Bonchev–Trinajstić information content (AvgIpc) is 2.47. The van der Waals surface area contributed by atoms with E-state index < -0.39 is 0 Å². The Balaban J connectivity index is 2.15. The molecule has 0 bridgehead atoms. The van der Waals surface area contributed by atoms with E-state index in [9.17, 15) is 4.79 Å². The van der Waals surface area contributed by atoms with E-state index in [4.69, 9.17) is 0 Å². The molecule has 0 saturated heterocycles. The maximum Gasteiger partial charge on any atom is 0.250 e. The first-order valence-electron chi connectivity index (χ1n) is 6.87. The van der Waals surface area contributed by atoms with Crippen molar-refractivity contribution in [1.82, 2.24) is 15.2 Å². The summed E-state index contributed by atoms with van der Waals surface area (Å²) in [7, 11) is 1.78. The molecular weight excluding hydrogens is 272 g/mol. The van der Waals surface area contributed by atoms with Gasteiger partial charge in [0.2, 0.25) is 5.56 Å². The Morgan fingerprint density at radius 1 is 1.30 bits per heavy atom. The number of rotatable bonds is 8. The van der Waals surface area contributed by atoms with E-state index in [1.54, 1.807) is 23.7 Å². The van der Waals surface area contributed by atoms with Gasteiger partial charge in [0.25, 0.3) is 0 Å². The number of thioether (sulfide) groups is 1. The molecule has 6 heteroatoms. The van der Waals surface area contributed by atoms with Crippen molar-refractivity contribution >= 4 is 17.7 Å². The molecule has 0 atom stereocenters. The van der Waals surface area contributed by atoms with Crippen LogP contribution in [0.2, 0.25) is 0 Å². The van der Waals surface area contributed by atoms with Gasteiger partial charge in [0.05, 0.1) is 0 Å². The fraction of sp³-hybridized carbons (Fsp3) is 0.571. The van der Waals surface area contributed by atoms with E-state index in [-0.39, 0.29) is 5.56 Å². The number of aliphatic imine (C=N–C) groups is 1. The summed E-state index contributed by atoms with van der Waals surface area (Å²) in [6.07, 6.45) is 5.89. The number of guanidine groups is 1. The van der Waals surface area contributed by atoms with Crippen molar-refractivity contribution in [1.29, 1.82) is 0 Å². The van der Waals surface area contributed by atoms with Gasteiger partial charge >= 0.3 is 0 Å². The molecule has 0 radical (unpaired) electrons. The molecule has 0 saturated carbocycles. The number of pyridine rings is 1. The minimum Gasteiger partial charge on any atom is -0.356 e. The third kappa shape index (κ3) is 6.65. The van der Waals surface area contributed by atoms with Crippen LogP contribution in [-0.2, 0) is 6.54 Å². The Labute approximate surface area is 124 Å². The third-order valence-corrected chi connectivity index (χ3v) is 3.45. The third-order valence-electron chi connectivity index (χ3n) is 2.84. The molecule has 0 unspecified atom stereocenters. The van der Waals surface area contributed by atoms with Crippen LogP contribution in [0.4, 0.5) is 0 Å². The molecule has 5 nitrogen and oxygen atoms in total. The minimum absolute atomic E-state index is 0.0648. The standard InChI is InChI=1S/C14H24N4OS/c1-15-14(17-9-12-20-2)16-8-4-6-11-18-10-5-3-7-13(18)19/h3,5,7,10H,4,6,8-9,11-12H2,1-2H3,(H2,15,16,17). The smallest absolute Gasteiger partial charge is 0.250 e. The number of nitrogens with zero attached hydrogens (tertiary/aromatic N) is 2. The number of aryl methyl sites for hydroxylation is 1. The summed E-state index contributed by atoms with van der Waals surface area (Å²) < 4.78 is 1.74. The fourth-order valence-corrected chi connectivity index (χ4v) is 2.06. The van der Waals surface area contributed by atoms with Gasteiger partial charge in [-0.05, 0) is 25.2 Å². The van der Waals surface area contributed by atoms with Crippen molar-refractivity contribution < 1.29 is 0 Å². The summed E-state index contributed by atoms with van der Waals surface area (Å²) in [6, 6.07) is 5.25. The van der Waals surface area contributed by atoms with Crippen LogP contribution in [0.3, 0.4) is 0 Å². The van der Waals surface area contributed by atoms with Gasteiger partial charge in [-0.15, -0.1) is 0 Å². The maximum absolute atomic E-state index is 11.5. The second kappa shape index (κ2) is 10.4. The maximum atomic E-state index is 11.5. The van der Waals surface area contributed by atoms with Crippen LogP contribution in [0.1, 0.15) is 12.8 Å². The zero-order chi connectivity index (χ0) is 14.6. The molecule has 0 spiro atoms. The van der Waals surface area contributed by atoms with E-state index in [0.717, 1.165) is 44.2 Å². The van der Waals surface area contributed by atoms with E-state index in [1.807, 2.05) is 24.0 Å². The largest absolute Gasteiger partial charge is 0.356 e. The Bertz CT molecular complexity index is 458. The molecule has 0 aliphatic rings. The molecule has 0 aliphatic carbocycles. The van der Waals surface area contributed by atoms with Crippen molar-refractivity contribution in [2.75, 3.05) is 32.1 Å². The number of hydrogen-bond donors (Lipinski definition) is 2. The van der Waals surface area contributed by atoms with Crippen LogP contribution >= 0.6 is 11.8 Å². The lowest BCUT2D eigenvalue weighted by atomic mass is 10.3. The van der Waals surface area contributed by atoms with Crippen molar-refractivity contribution in [2.24, 2.45) is 4.99 Å². The summed E-state index contributed by atoms with van der Waals surface area (Å²) in [6.45, 7) is 2.54. The van der Waals surface area contributed by atoms with Gasteiger partial charge in [-0.3, -0.25) is 9.79 Å². The number of aromatic nitrogens is 1. The fourth-order valence-electron chi connectivity index (χ4n) is 1.75. The molecular formula is C14H24N4OS. The molecule has 1 aromatic heterocycles. The van der Waals surface area contributed by atoms with E-state index in [2.05, 4.69) is 21.9 Å². The van der Waals surface area contributed by atoms with E-state index in [1.165, 1.54) is 0 Å². The van der Waals surface area contributed by atoms with Crippen LogP contribution in [0, 0.1) is 0 Å². The molecule has 0 amide bonds. The van der Waals surface area contributed by atoms with Crippen molar-refractivity contribution in [3.05, 3.63) is 34.7 Å². The summed E-state index contributed by atoms with van der Waals surface area (Å²) in [4.78, 5) is 15.7. The zero-order valence-corrected chi connectivity index (χ0v) is 13.1. The van der Waals surface area contributed by atoms with Gasteiger partial charge in [0, 0.05) is 44.7 Å². The van der Waals surface area contributed by atoms with Gasteiger partial charge in [-0.25, -0.2) is 0 Å². The number of unbranched alkanes of at least 4 members (excludes halogenated alkanes) is 1. The number of hydrogen-bond acceptors (Lipinski definition) is 3. The van der Waals surface area contributed by atoms with Crippen LogP contribution in [0.5, 0.6) is 0 Å². The summed E-state index contributed by atoms with van der Waals surface area (Å²) in [5.41, 5.74) is 0.0648. The highest BCUT2D eigenvalue weighted by molar-refractivity contribution is 7.98. The lowest BCUT2D eigenvalue weighted by molar-refractivity contribution is 0.586. The van der Waals surface area contributed by atoms with Gasteiger partial charge < -0.3 is 15.2 Å². The zero-order valence-electron chi connectivity index (χ0n) is 12.3. The second-order valence-corrected chi connectivity index (χ2v) is 5.34. The molecule has 0 aromatic carbocycles. The Morgan fingerprint density at radius 3 is 2.80 bits per heavy atom. The molecule has 1 rings (SSSR count). The first kappa shape index (κ1) is 16.6. The molecule has 2 N–H and O–H groups in total. The van der Waals surface area contributed by atoms with E-state index >= 15 is 0 Å². The first-order chi connectivity index (χ1) is 9.77.